The van der Waals surface area contributed by atoms with E-state index in [1.54, 1.807) is 18.2 Å². The van der Waals surface area contributed by atoms with Crippen molar-refractivity contribution in [3.05, 3.63) is 29.3 Å². The highest BCUT2D eigenvalue weighted by atomic mass is 16.5. The van der Waals surface area contributed by atoms with Crippen LogP contribution in [0.1, 0.15) is 88.4 Å². The number of ether oxygens (including phenoxy) is 1. The Morgan fingerprint density at radius 2 is 1.52 bits per heavy atom. The highest BCUT2D eigenvalue weighted by Crippen LogP contribution is 2.26. The van der Waals surface area contributed by atoms with Crippen LogP contribution in [0.15, 0.2) is 18.2 Å². The first-order chi connectivity index (χ1) is 12.8. The van der Waals surface area contributed by atoms with E-state index in [0.29, 0.717) is 12.2 Å². The molecule has 0 bridgehead atoms. The molecule has 1 aromatic carbocycles. The van der Waals surface area contributed by atoms with Crippen LogP contribution in [-0.4, -0.2) is 30.2 Å². The van der Waals surface area contributed by atoms with E-state index in [1.807, 2.05) is 27.7 Å². The summed E-state index contributed by atoms with van der Waals surface area (Å²) in [5.74, 6) is -0.892. The lowest BCUT2D eigenvalue weighted by Crippen LogP contribution is -2.19. The maximum Gasteiger partial charge on any atom is 0.164 e. The van der Waals surface area contributed by atoms with Crippen LogP contribution < -0.4 is 4.74 Å². The maximum absolute atomic E-state index is 12.6. The Labute approximate surface area is 163 Å². The second-order valence-corrected chi connectivity index (χ2v) is 5.61. The van der Waals surface area contributed by atoms with Crippen LogP contribution in [0.3, 0.4) is 0 Å². The van der Waals surface area contributed by atoms with E-state index in [1.165, 1.54) is 27.9 Å². The Hall–Kier alpha value is -2.30. The molecular weight excluding hydrogens is 344 g/mol. The minimum atomic E-state index is -0.516. The summed E-state index contributed by atoms with van der Waals surface area (Å²) in [6.45, 7) is 12.2. The van der Waals surface area contributed by atoms with E-state index in [9.17, 15) is 19.2 Å². The first-order valence-electron chi connectivity index (χ1n) is 9.49. The standard InChI is InChI=1S/C18H22O5.2C2H6/c1-11(19)8-9-14(12(2)20)10-16(22)15-6-5-7-17(23-4)18(15)13(3)21;2*1-2/h5-7,14H,8-10H2,1-4H3;2*1-2H3. The predicted molar refractivity (Wildman–Crippen MR) is 109 cm³/mol. The van der Waals surface area contributed by atoms with Crippen molar-refractivity contribution in [1.29, 1.82) is 0 Å². The van der Waals surface area contributed by atoms with Gasteiger partial charge in [0.05, 0.1) is 12.7 Å². The van der Waals surface area contributed by atoms with Gasteiger partial charge >= 0.3 is 0 Å². The van der Waals surface area contributed by atoms with Gasteiger partial charge in [0.1, 0.15) is 17.3 Å². The van der Waals surface area contributed by atoms with Crippen LogP contribution in [-0.2, 0) is 9.59 Å². The summed E-state index contributed by atoms with van der Waals surface area (Å²) in [5.41, 5.74) is 0.486. The van der Waals surface area contributed by atoms with Crippen molar-refractivity contribution in [3.8, 4) is 5.75 Å². The Morgan fingerprint density at radius 1 is 0.963 bits per heavy atom. The molecular formula is C22H34O5. The third kappa shape index (κ3) is 9.27. The average Bonchev–Trinajstić information content (AvgIpc) is 2.66. The van der Waals surface area contributed by atoms with E-state index in [0.717, 1.165) is 0 Å². The largest absolute Gasteiger partial charge is 0.496 e. The molecule has 0 aliphatic carbocycles. The number of hydrogen-bond acceptors (Lipinski definition) is 5. The molecule has 0 aliphatic rings. The summed E-state index contributed by atoms with van der Waals surface area (Å²) < 4.78 is 5.14. The van der Waals surface area contributed by atoms with E-state index in [-0.39, 0.29) is 47.1 Å². The monoisotopic (exact) mass is 378 g/mol. The zero-order chi connectivity index (χ0) is 21.6. The summed E-state index contributed by atoms with van der Waals surface area (Å²) >= 11 is 0. The van der Waals surface area contributed by atoms with Crippen LogP contribution >= 0.6 is 0 Å². The van der Waals surface area contributed by atoms with Gasteiger partial charge in [-0.15, -0.1) is 0 Å². The summed E-state index contributed by atoms with van der Waals surface area (Å²) in [6.07, 6.45) is 0.584. The lowest BCUT2D eigenvalue weighted by Gasteiger charge is -2.15. The van der Waals surface area contributed by atoms with Gasteiger partial charge in [-0.1, -0.05) is 39.8 Å². The molecule has 5 heteroatoms. The molecule has 0 amide bonds. The SMILES string of the molecule is CC.CC.COc1cccc(C(=O)CC(CCC(C)=O)C(C)=O)c1C(C)=O. The first-order valence-corrected chi connectivity index (χ1v) is 9.49. The molecule has 1 unspecified atom stereocenters. The third-order valence-electron chi connectivity index (χ3n) is 3.75. The number of ketones is 4. The van der Waals surface area contributed by atoms with Gasteiger partial charge in [-0.25, -0.2) is 0 Å². The van der Waals surface area contributed by atoms with Crippen molar-refractivity contribution < 1.29 is 23.9 Å². The molecule has 0 saturated carbocycles. The average molecular weight is 379 g/mol. The maximum atomic E-state index is 12.6. The van der Waals surface area contributed by atoms with Crippen molar-refractivity contribution in [1.82, 2.24) is 0 Å². The number of hydrogen-bond donors (Lipinski definition) is 0. The first kappa shape index (κ1) is 26.9. The van der Waals surface area contributed by atoms with Crippen molar-refractivity contribution in [2.75, 3.05) is 7.11 Å². The molecule has 27 heavy (non-hydrogen) atoms. The number of benzene rings is 1. The molecule has 5 nitrogen and oxygen atoms in total. The van der Waals surface area contributed by atoms with E-state index in [4.69, 9.17) is 4.74 Å². The van der Waals surface area contributed by atoms with Crippen LogP contribution in [0, 0.1) is 5.92 Å². The summed E-state index contributed by atoms with van der Waals surface area (Å²) in [5, 5.41) is 0. The number of methoxy groups -OCH3 is 1. The molecule has 0 fully saturated rings. The van der Waals surface area contributed by atoms with Crippen molar-refractivity contribution in [3.63, 3.8) is 0 Å². The molecule has 152 valence electrons. The minimum Gasteiger partial charge on any atom is -0.496 e. The predicted octanol–water partition coefficient (Wildman–Crippen LogP) is 5.10. The number of rotatable bonds is 9. The fourth-order valence-corrected chi connectivity index (χ4v) is 2.46. The third-order valence-corrected chi connectivity index (χ3v) is 3.75. The zero-order valence-corrected chi connectivity index (χ0v) is 18.0. The van der Waals surface area contributed by atoms with Gasteiger partial charge in [0.25, 0.3) is 0 Å². The zero-order valence-electron chi connectivity index (χ0n) is 18.0. The summed E-state index contributed by atoms with van der Waals surface area (Å²) in [7, 11) is 1.43. The van der Waals surface area contributed by atoms with Crippen molar-refractivity contribution in [2.45, 2.75) is 67.7 Å². The van der Waals surface area contributed by atoms with E-state index < -0.39 is 5.92 Å². The number of carbonyl (C=O) groups is 4. The van der Waals surface area contributed by atoms with Gasteiger partial charge in [-0.05, 0) is 33.3 Å². The summed E-state index contributed by atoms with van der Waals surface area (Å²) in [4.78, 5) is 47.2. The van der Waals surface area contributed by atoms with Crippen LogP contribution in [0.2, 0.25) is 0 Å². The smallest absolute Gasteiger partial charge is 0.164 e. The van der Waals surface area contributed by atoms with Gasteiger partial charge in [0.2, 0.25) is 0 Å². The highest BCUT2D eigenvalue weighted by Gasteiger charge is 2.24. The lowest BCUT2D eigenvalue weighted by molar-refractivity contribution is -0.121. The Bertz CT molecular complexity index is 632. The molecule has 0 spiro atoms. The molecule has 0 heterocycles. The minimum absolute atomic E-state index is 0.0178. The molecule has 1 aromatic rings. The van der Waals surface area contributed by atoms with Crippen LogP contribution in [0.5, 0.6) is 5.75 Å². The highest BCUT2D eigenvalue weighted by molar-refractivity contribution is 6.10. The molecule has 1 rings (SSSR count). The normalized spacial score (nSPS) is 10.4. The molecule has 0 N–H and O–H groups in total. The van der Waals surface area contributed by atoms with Gasteiger partial charge in [0.15, 0.2) is 11.6 Å². The number of Topliss-reactive ketones (excluding diaryl/α,β-unsaturated/α-hetero) is 4. The molecule has 0 aromatic heterocycles. The Balaban J connectivity index is 0. The van der Waals surface area contributed by atoms with Gasteiger partial charge in [-0.3, -0.25) is 14.4 Å². The fourth-order valence-electron chi connectivity index (χ4n) is 2.46. The van der Waals surface area contributed by atoms with Crippen molar-refractivity contribution >= 4 is 23.1 Å². The second-order valence-electron chi connectivity index (χ2n) is 5.61. The summed E-state index contributed by atoms with van der Waals surface area (Å²) in [6, 6.07) is 4.81. The Kier molecular flexibility index (Phi) is 14.8. The van der Waals surface area contributed by atoms with Gasteiger partial charge < -0.3 is 9.53 Å². The second kappa shape index (κ2) is 14.8. The van der Waals surface area contributed by atoms with E-state index >= 15 is 0 Å². The van der Waals surface area contributed by atoms with Crippen LogP contribution in [0.4, 0.5) is 0 Å². The topological polar surface area (TPSA) is 77.5 Å². The lowest BCUT2D eigenvalue weighted by atomic mass is 9.88. The molecule has 1 atom stereocenters. The molecule has 0 radical (unpaired) electrons. The molecule has 0 saturated heterocycles. The van der Waals surface area contributed by atoms with Crippen LogP contribution in [0.25, 0.3) is 0 Å². The quantitative estimate of drug-likeness (QED) is 0.559. The van der Waals surface area contributed by atoms with Crippen molar-refractivity contribution in [2.24, 2.45) is 5.92 Å². The van der Waals surface area contributed by atoms with Gasteiger partial charge in [0, 0.05) is 24.3 Å². The fraction of sp³-hybridized carbons (Fsp3) is 0.545. The number of carbonyl (C=O) groups excluding carboxylic acids is 4. The van der Waals surface area contributed by atoms with Gasteiger partial charge in [-0.2, -0.15) is 0 Å². The molecule has 0 aliphatic heterocycles. The Morgan fingerprint density at radius 3 is 1.93 bits per heavy atom. The van der Waals surface area contributed by atoms with E-state index in [2.05, 4.69) is 0 Å².